The number of rotatable bonds is 7. The van der Waals surface area contributed by atoms with Crippen LogP contribution in [0.15, 0.2) is 42.5 Å². The summed E-state index contributed by atoms with van der Waals surface area (Å²) in [6.07, 6.45) is 1.97. The molecule has 0 radical (unpaired) electrons. The van der Waals surface area contributed by atoms with E-state index in [9.17, 15) is 9.59 Å². The fourth-order valence-corrected chi connectivity index (χ4v) is 3.89. The molecule has 0 aromatic heterocycles. The van der Waals surface area contributed by atoms with E-state index in [1.54, 1.807) is 38.5 Å². The van der Waals surface area contributed by atoms with Crippen molar-refractivity contribution >= 4 is 17.4 Å². The third-order valence-corrected chi connectivity index (χ3v) is 5.51. The summed E-state index contributed by atoms with van der Waals surface area (Å²) in [6.45, 7) is 4.26. The Bertz CT molecular complexity index is 896. The fraction of sp³-hybridized carbons (Fsp3) is 0.391. The summed E-state index contributed by atoms with van der Waals surface area (Å²) in [5.41, 5.74) is 2.27. The van der Waals surface area contributed by atoms with Gasteiger partial charge >= 0.3 is 0 Å². The maximum Gasteiger partial charge on any atom is 0.241 e. The number of methoxy groups -OCH3 is 2. The van der Waals surface area contributed by atoms with Gasteiger partial charge in [0, 0.05) is 28.9 Å². The van der Waals surface area contributed by atoms with E-state index >= 15 is 0 Å². The number of carbonyl (C=O) groups excluding carboxylic acids is 2. The van der Waals surface area contributed by atoms with E-state index in [0.29, 0.717) is 11.3 Å². The Hall–Kier alpha value is -2.86. The number of nitrogens with zero attached hydrogens (tertiary/aromatic N) is 1. The first kappa shape index (κ1) is 20.9. The van der Waals surface area contributed by atoms with Gasteiger partial charge in [-0.2, -0.15) is 0 Å². The Labute approximate surface area is 171 Å². The van der Waals surface area contributed by atoms with Gasteiger partial charge in [0.05, 0.1) is 20.3 Å². The summed E-state index contributed by atoms with van der Waals surface area (Å²) in [4.78, 5) is 26.7. The monoisotopic (exact) mass is 396 g/mol. The van der Waals surface area contributed by atoms with Crippen LogP contribution in [0.25, 0.3) is 0 Å². The van der Waals surface area contributed by atoms with E-state index in [1.807, 2.05) is 25.1 Å². The summed E-state index contributed by atoms with van der Waals surface area (Å²) in [5, 5.41) is 2.95. The number of amides is 1. The standard InChI is InChI=1S/C23H28N2O4/c1-15(23(27)24-18-8-5-7-17(13-18)16(2)26)25-12-6-9-21(25)20-11-10-19(28-3)14-22(20)29-4/h5,7-8,10-11,13-15,21H,6,9,12H2,1-4H3,(H,24,27)/t15-,21-/m1/s1. The van der Waals surface area contributed by atoms with Crippen molar-refractivity contribution in [3.63, 3.8) is 0 Å². The topological polar surface area (TPSA) is 67.9 Å². The summed E-state index contributed by atoms with van der Waals surface area (Å²) in [7, 11) is 3.28. The molecule has 29 heavy (non-hydrogen) atoms. The SMILES string of the molecule is COc1ccc([C@H]2CCCN2[C@H](C)C(=O)Nc2cccc(C(C)=O)c2)c(OC)c1. The highest BCUT2D eigenvalue weighted by Gasteiger charge is 2.34. The minimum atomic E-state index is -0.324. The maximum atomic E-state index is 12.9. The molecule has 0 unspecified atom stereocenters. The van der Waals surface area contributed by atoms with Crippen molar-refractivity contribution in [3.8, 4) is 11.5 Å². The lowest BCUT2D eigenvalue weighted by Gasteiger charge is -2.31. The number of ketones is 1. The molecule has 6 nitrogen and oxygen atoms in total. The molecule has 0 saturated carbocycles. The molecule has 0 bridgehead atoms. The summed E-state index contributed by atoms with van der Waals surface area (Å²) in [6, 6.07) is 12.6. The van der Waals surface area contributed by atoms with Gasteiger partial charge in [-0.05, 0) is 51.4 Å². The number of anilines is 1. The zero-order chi connectivity index (χ0) is 21.0. The number of benzene rings is 2. The second-order valence-electron chi connectivity index (χ2n) is 7.31. The largest absolute Gasteiger partial charge is 0.497 e. The lowest BCUT2D eigenvalue weighted by molar-refractivity contribution is -0.121. The van der Waals surface area contributed by atoms with Gasteiger partial charge in [-0.3, -0.25) is 14.5 Å². The van der Waals surface area contributed by atoms with Crippen LogP contribution in [0.2, 0.25) is 0 Å². The van der Waals surface area contributed by atoms with Crippen molar-refractivity contribution in [1.82, 2.24) is 4.90 Å². The average molecular weight is 396 g/mol. The van der Waals surface area contributed by atoms with Gasteiger partial charge in [0.1, 0.15) is 11.5 Å². The summed E-state index contributed by atoms with van der Waals surface area (Å²) in [5.74, 6) is 1.39. The van der Waals surface area contributed by atoms with Crippen LogP contribution in [-0.2, 0) is 4.79 Å². The smallest absolute Gasteiger partial charge is 0.241 e. The van der Waals surface area contributed by atoms with Crippen molar-refractivity contribution in [3.05, 3.63) is 53.6 Å². The van der Waals surface area contributed by atoms with Crippen LogP contribution in [0, 0.1) is 0 Å². The molecule has 2 aromatic carbocycles. The number of hydrogen-bond acceptors (Lipinski definition) is 5. The van der Waals surface area contributed by atoms with E-state index in [-0.39, 0.29) is 23.8 Å². The Balaban J connectivity index is 1.78. The molecular weight excluding hydrogens is 368 g/mol. The fourth-order valence-electron chi connectivity index (χ4n) is 3.89. The third kappa shape index (κ3) is 4.59. The van der Waals surface area contributed by atoms with E-state index in [4.69, 9.17) is 9.47 Å². The minimum Gasteiger partial charge on any atom is -0.497 e. The predicted octanol–water partition coefficient (Wildman–Crippen LogP) is 4.07. The molecule has 0 spiro atoms. The molecule has 1 heterocycles. The highest BCUT2D eigenvalue weighted by Crippen LogP contribution is 2.39. The van der Waals surface area contributed by atoms with Gasteiger partial charge in [-0.25, -0.2) is 0 Å². The van der Waals surface area contributed by atoms with Crippen LogP contribution in [-0.4, -0.2) is 43.4 Å². The Morgan fingerprint density at radius 2 is 1.93 bits per heavy atom. The predicted molar refractivity (Wildman–Crippen MR) is 113 cm³/mol. The molecule has 6 heteroatoms. The zero-order valence-corrected chi connectivity index (χ0v) is 17.4. The molecular formula is C23H28N2O4. The van der Waals surface area contributed by atoms with Gasteiger partial charge < -0.3 is 14.8 Å². The van der Waals surface area contributed by atoms with Crippen molar-refractivity contribution in [2.45, 2.75) is 38.8 Å². The Kier molecular flexibility index (Phi) is 6.54. The molecule has 154 valence electrons. The number of likely N-dealkylation sites (tertiary alicyclic amines) is 1. The van der Waals surface area contributed by atoms with Crippen LogP contribution in [0.4, 0.5) is 5.69 Å². The van der Waals surface area contributed by atoms with E-state index in [2.05, 4.69) is 10.2 Å². The number of Topliss-reactive ketones (excluding diaryl/α,β-unsaturated/α-hetero) is 1. The van der Waals surface area contributed by atoms with Crippen LogP contribution in [0.3, 0.4) is 0 Å². The van der Waals surface area contributed by atoms with Crippen molar-refractivity contribution in [2.75, 3.05) is 26.1 Å². The summed E-state index contributed by atoms with van der Waals surface area (Å²) < 4.78 is 10.9. The lowest BCUT2D eigenvalue weighted by atomic mass is 10.0. The van der Waals surface area contributed by atoms with E-state index < -0.39 is 0 Å². The van der Waals surface area contributed by atoms with Crippen LogP contribution in [0.1, 0.15) is 48.7 Å². The number of ether oxygens (including phenoxy) is 2. The van der Waals surface area contributed by atoms with E-state index in [1.165, 1.54) is 6.92 Å². The Morgan fingerprint density at radius 3 is 2.62 bits per heavy atom. The molecule has 2 aromatic rings. The van der Waals surface area contributed by atoms with Gasteiger partial charge in [0.15, 0.2) is 5.78 Å². The molecule has 1 aliphatic rings. The van der Waals surface area contributed by atoms with Crippen molar-refractivity contribution in [2.24, 2.45) is 0 Å². The first-order valence-corrected chi connectivity index (χ1v) is 9.84. The molecule has 1 N–H and O–H groups in total. The van der Waals surface area contributed by atoms with Crippen LogP contribution in [0.5, 0.6) is 11.5 Å². The quantitative estimate of drug-likeness (QED) is 0.715. The first-order chi connectivity index (χ1) is 13.9. The first-order valence-electron chi connectivity index (χ1n) is 9.84. The molecule has 1 amide bonds. The normalized spacial score (nSPS) is 17.6. The summed E-state index contributed by atoms with van der Waals surface area (Å²) >= 11 is 0. The molecule has 1 saturated heterocycles. The van der Waals surface area contributed by atoms with Crippen LogP contribution >= 0.6 is 0 Å². The molecule has 3 rings (SSSR count). The minimum absolute atomic E-state index is 0.0274. The molecule has 0 aliphatic carbocycles. The molecule has 2 atom stereocenters. The molecule has 1 aliphatic heterocycles. The highest BCUT2D eigenvalue weighted by atomic mass is 16.5. The molecule has 1 fully saturated rings. The van der Waals surface area contributed by atoms with Crippen molar-refractivity contribution < 1.29 is 19.1 Å². The highest BCUT2D eigenvalue weighted by molar-refractivity contribution is 5.98. The zero-order valence-electron chi connectivity index (χ0n) is 17.4. The van der Waals surface area contributed by atoms with Gasteiger partial charge in [-0.15, -0.1) is 0 Å². The number of nitrogens with one attached hydrogen (secondary N) is 1. The number of hydrogen-bond donors (Lipinski definition) is 1. The lowest BCUT2D eigenvalue weighted by Crippen LogP contribution is -2.41. The van der Waals surface area contributed by atoms with Gasteiger partial charge in [-0.1, -0.05) is 18.2 Å². The van der Waals surface area contributed by atoms with Crippen molar-refractivity contribution in [1.29, 1.82) is 0 Å². The average Bonchev–Trinajstić information content (AvgIpc) is 3.22. The maximum absolute atomic E-state index is 12.9. The van der Waals surface area contributed by atoms with Crippen LogP contribution < -0.4 is 14.8 Å². The van der Waals surface area contributed by atoms with Gasteiger partial charge in [0.2, 0.25) is 5.91 Å². The Morgan fingerprint density at radius 1 is 1.14 bits per heavy atom. The number of carbonyl (C=O) groups is 2. The second kappa shape index (κ2) is 9.09. The second-order valence-corrected chi connectivity index (χ2v) is 7.31. The third-order valence-electron chi connectivity index (χ3n) is 5.51. The van der Waals surface area contributed by atoms with E-state index in [0.717, 1.165) is 36.4 Å². The van der Waals surface area contributed by atoms with Gasteiger partial charge in [0.25, 0.3) is 0 Å².